The van der Waals surface area contributed by atoms with E-state index in [0.717, 1.165) is 17.2 Å². The second-order valence-electron chi connectivity index (χ2n) is 5.06. The number of hydrogen-bond acceptors (Lipinski definition) is 5. The molecule has 0 aliphatic carbocycles. The zero-order valence-corrected chi connectivity index (χ0v) is 11.8. The molecule has 2 rings (SSSR count). The molecule has 6 heteroatoms. The van der Waals surface area contributed by atoms with Gasteiger partial charge in [0.05, 0.1) is 5.69 Å². The van der Waals surface area contributed by atoms with Crippen LogP contribution in [-0.4, -0.2) is 25.2 Å². The minimum Gasteiger partial charge on any atom is -0.286 e. The maximum atomic E-state index is 12.5. The zero-order chi connectivity index (χ0) is 13.3. The number of carbonyl (C=O) groups excluding carboxylic acids is 1. The average molecular weight is 264 g/mol. The summed E-state index contributed by atoms with van der Waals surface area (Å²) in [4.78, 5) is 13.1. The van der Waals surface area contributed by atoms with Gasteiger partial charge in [0.25, 0.3) is 0 Å². The van der Waals surface area contributed by atoms with E-state index in [4.69, 9.17) is 0 Å². The molecular formula is C12H16N4OS. The standard InChI is InChI=1S/C12H16N4OS/c1-5-16-8(6-7-13-16)9(17)10-11(12(2,3)4)14-15-18-10/h6-7H,5H2,1-4H3. The van der Waals surface area contributed by atoms with E-state index in [1.165, 1.54) is 0 Å². The van der Waals surface area contributed by atoms with Crippen LogP contribution in [0, 0.1) is 0 Å². The third-order valence-electron chi connectivity index (χ3n) is 2.65. The van der Waals surface area contributed by atoms with Crippen LogP contribution in [-0.2, 0) is 12.0 Å². The van der Waals surface area contributed by atoms with Crippen LogP contribution in [0.15, 0.2) is 12.3 Å². The van der Waals surface area contributed by atoms with E-state index in [2.05, 4.69) is 14.7 Å². The fourth-order valence-corrected chi connectivity index (χ4v) is 2.55. The third-order valence-corrected chi connectivity index (χ3v) is 3.38. The first-order valence-electron chi connectivity index (χ1n) is 5.84. The van der Waals surface area contributed by atoms with Crippen LogP contribution in [0.5, 0.6) is 0 Å². The zero-order valence-electron chi connectivity index (χ0n) is 11.0. The molecule has 0 spiro atoms. The van der Waals surface area contributed by atoms with Gasteiger partial charge in [0, 0.05) is 18.2 Å². The normalized spacial score (nSPS) is 11.8. The molecule has 96 valence electrons. The number of hydrogen-bond donors (Lipinski definition) is 0. The lowest BCUT2D eigenvalue weighted by Crippen LogP contribution is -2.18. The fourth-order valence-electron chi connectivity index (χ4n) is 1.72. The highest BCUT2D eigenvalue weighted by atomic mass is 32.1. The molecule has 2 heterocycles. The van der Waals surface area contributed by atoms with Gasteiger partial charge < -0.3 is 0 Å². The van der Waals surface area contributed by atoms with Crippen LogP contribution in [0.3, 0.4) is 0 Å². The smallest absolute Gasteiger partial charge is 0.224 e. The van der Waals surface area contributed by atoms with Crippen LogP contribution in [0.1, 0.15) is 48.8 Å². The van der Waals surface area contributed by atoms with Crippen LogP contribution in [0.4, 0.5) is 0 Å². The monoisotopic (exact) mass is 264 g/mol. The second-order valence-corrected chi connectivity index (χ2v) is 5.82. The van der Waals surface area contributed by atoms with E-state index in [9.17, 15) is 4.79 Å². The maximum Gasteiger partial charge on any atom is 0.224 e. The van der Waals surface area contributed by atoms with E-state index >= 15 is 0 Å². The van der Waals surface area contributed by atoms with E-state index in [0.29, 0.717) is 17.1 Å². The Morgan fingerprint density at radius 1 is 1.44 bits per heavy atom. The van der Waals surface area contributed by atoms with Gasteiger partial charge in [-0.3, -0.25) is 9.48 Å². The average Bonchev–Trinajstić information content (AvgIpc) is 2.95. The van der Waals surface area contributed by atoms with Gasteiger partial charge >= 0.3 is 0 Å². The van der Waals surface area contributed by atoms with Crippen LogP contribution in [0.25, 0.3) is 0 Å². The van der Waals surface area contributed by atoms with Gasteiger partial charge in [-0.25, -0.2) is 0 Å². The van der Waals surface area contributed by atoms with Crippen molar-refractivity contribution in [3.63, 3.8) is 0 Å². The summed E-state index contributed by atoms with van der Waals surface area (Å²) in [5.41, 5.74) is 1.16. The van der Waals surface area contributed by atoms with Crippen LogP contribution < -0.4 is 0 Å². The van der Waals surface area contributed by atoms with Crippen molar-refractivity contribution in [2.24, 2.45) is 0 Å². The number of rotatable bonds is 3. The molecule has 0 saturated heterocycles. The van der Waals surface area contributed by atoms with Crippen molar-refractivity contribution in [3.8, 4) is 0 Å². The first-order valence-corrected chi connectivity index (χ1v) is 6.61. The molecule has 0 fully saturated rings. The second kappa shape index (κ2) is 4.61. The lowest BCUT2D eigenvalue weighted by Gasteiger charge is -2.15. The van der Waals surface area contributed by atoms with Crippen molar-refractivity contribution in [1.29, 1.82) is 0 Å². The van der Waals surface area contributed by atoms with E-state index in [1.807, 2.05) is 27.7 Å². The Hall–Kier alpha value is -1.56. The van der Waals surface area contributed by atoms with Gasteiger partial charge in [-0.2, -0.15) is 5.10 Å². The Bertz CT molecular complexity index is 565. The molecule has 0 bridgehead atoms. The van der Waals surface area contributed by atoms with E-state index in [1.54, 1.807) is 16.9 Å². The fraction of sp³-hybridized carbons (Fsp3) is 0.500. The molecule has 0 N–H and O–H groups in total. The predicted molar refractivity (Wildman–Crippen MR) is 69.9 cm³/mol. The molecule has 0 amide bonds. The van der Waals surface area contributed by atoms with Gasteiger partial charge in [0.15, 0.2) is 0 Å². The molecule has 0 aromatic carbocycles. The van der Waals surface area contributed by atoms with Crippen LogP contribution in [0.2, 0.25) is 0 Å². The highest BCUT2D eigenvalue weighted by Crippen LogP contribution is 2.27. The third kappa shape index (κ3) is 2.20. The van der Waals surface area contributed by atoms with Gasteiger partial charge in [-0.15, -0.1) is 5.10 Å². The lowest BCUT2D eigenvalue weighted by molar-refractivity contribution is 0.103. The summed E-state index contributed by atoms with van der Waals surface area (Å²) in [5.74, 6) is -0.0470. The van der Waals surface area contributed by atoms with Crippen molar-refractivity contribution in [2.45, 2.75) is 39.7 Å². The number of aryl methyl sites for hydroxylation is 1. The summed E-state index contributed by atoms with van der Waals surface area (Å²) in [6.07, 6.45) is 1.64. The minimum absolute atomic E-state index is 0.0470. The number of aromatic nitrogens is 4. The quantitative estimate of drug-likeness (QED) is 0.798. The van der Waals surface area contributed by atoms with E-state index < -0.39 is 0 Å². The Morgan fingerprint density at radius 2 is 2.17 bits per heavy atom. The van der Waals surface area contributed by atoms with Gasteiger partial charge in [-0.05, 0) is 24.5 Å². The molecule has 2 aromatic rings. The molecule has 0 atom stereocenters. The molecule has 0 radical (unpaired) electrons. The number of nitrogens with zero attached hydrogens (tertiary/aromatic N) is 4. The predicted octanol–water partition coefficient (Wildman–Crippen LogP) is 2.28. The first kappa shape index (κ1) is 12.9. The highest BCUT2D eigenvalue weighted by Gasteiger charge is 2.28. The Labute approximate surface area is 110 Å². The van der Waals surface area contributed by atoms with Crippen LogP contribution >= 0.6 is 11.5 Å². The summed E-state index contributed by atoms with van der Waals surface area (Å²) in [6, 6.07) is 1.73. The topological polar surface area (TPSA) is 60.7 Å². The Kier molecular flexibility index (Phi) is 3.30. The SMILES string of the molecule is CCn1nccc1C(=O)c1snnc1C(C)(C)C. The molecule has 0 aliphatic heterocycles. The molecule has 5 nitrogen and oxygen atoms in total. The largest absolute Gasteiger partial charge is 0.286 e. The Morgan fingerprint density at radius 3 is 2.78 bits per heavy atom. The van der Waals surface area contributed by atoms with Crippen molar-refractivity contribution < 1.29 is 4.79 Å². The first-order chi connectivity index (χ1) is 8.45. The molecule has 0 saturated carbocycles. The van der Waals surface area contributed by atoms with Crippen molar-refractivity contribution in [2.75, 3.05) is 0 Å². The summed E-state index contributed by atoms with van der Waals surface area (Å²) in [6.45, 7) is 8.71. The number of ketones is 1. The molecular weight excluding hydrogens is 248 g/mol. The molecule has 0 unspecified atom stereocenters. The summed E-state index contributed by atoms with van der Waals surface area (Å²) < 4.78 is 5.61. The maximum absolute atomic E-state index is 12.5. The van der Waals surface area contributed by atoms with Crippen molar-refractivity contribution in [3.05, 3.63) is 28.5 Å². The minimum atomic E-state index is -0.185. The van der Waals surface area contributed by atoms with Crippen molar-refractivity contribution >= 4 is 17.3 Å². The summed E-state index contributed by atoms with van der Waals surface area (Å²) >= 11 is 1.15. The number of carbonyl (C=O) groups is 1. The molecule has 0 aliphatic rings. The van der Waals surface area contributed by atoms with Crippen molar-refractivity contribution in [1.82, 2.24) is 19.4 Å². The van der Waals surface area contributed by atoms with Gasteiger partial charge in [0.1, 0.15) is 10.6 Å². The highest BCUT2D eigenvalue weighted by molar-refractivity contribution is 7.08. The summed E-state index contributed by atoms with van der Waals surface area (Å²) in [7, 11) is 0. The Balaban J connectivity index is 2.45. The van der Waals surface area contributed by atoms with E-state index in [-0.39, 0.29) is 11.2 Å². The lowest BCUT2D eigenvalue weighted by atomic mass is 9.90. The van der Waals surface area contributed by atoms with Gasteiger partial charge in [-0.1, -0.05) is 25.3 Å². The summed E-state index contributed by atoms with van der Waals surface area (Å²) in [5, 5.41) is 8.21. The molecule has 18 heavy (non-hydrogen) atoms. The van der Waals surface area contributed by atoms with Gasteiger partial charge in [0.2, 0.25) is 5.78 Å². The molecule has 2 aromatic heterocycles.